The minimum atomic E-state index is -0.137. The molecule has 2 unspecified atom stereocenters. The second kappa shape index (κ2) is 8.20. The first kappa shape index (κ1) is 16.1. The minimum Gasteiger partial charge on any atom is -0.468 e. The summed E-state index contributed by atoms with van der Waals surface area (Å²) in [5.41, 5.74) is 0. The SMILES string of the molecule is COC(=O)CSC1CCCCC1Sc1ccccc1Cl. The standard InChI is InChI=1S/C15H19ClO2S2/c1-18-15(17)10-19-13-8-4-5-9-14(13)20-12-7-3-2-6-11(12)16/h2-3,6-7,13-14H,4-5,8-10H2,1H3. The van der Waals surface area contributed by atoms with Crippen molar-refractivity contribution in [1.82, 2.24) is 0 Å². The molecule has 2 nitrogen and oxygen atoms in total. The van der Waals surface area contributed by atoms with E-state index in [2.05, 4.69) is 6.07 Å². The van der Waals surface area contributed by atoms with Crippen molar-refractivity contribution in [3.63, 3.8) is 0 Å². The highest BCUT2D eigenvalue weighted by Crippen LogP contribution is 2.41. The first-order valence-electron chi connectivity index (χ1n) is 6.80. The van der Waals surface area contributed by atoms with Crippen molar-refractivity contribution in [2.75, 3.05) is 12.9 Å². The van der Waals surface area contributed by atoms with E-state index in [0.29, 0.717) is 16.3 Å². The van der Waals surface area contributed by atoms with E-state index < -0.39 is 0 Å². The molecule has 0 aliphatic heterocycles. The number of benzene rings is 1. The Bertz CT molecular complexity index is 453. The summed E-state index contributed by atoms with van der Waals surface area (Å²) >= 11 is 9.82. The number of methoxy groups -OCH3 is 1. The first-order chi connectivity index (χ1) is 9.70. The molecule has 0 saturated heterocycles. The van der Waals surface area contributed by atoms with Crippen LogP contribution in [-0.2, 0) is 9.53 Å². The van der Waals surface area contributed by atoms with Crippen LogP contribution in [0.4, 0.5) is 0 Å². The second-order valence-electron chi connectivity index (χ2n) is 4.80. The number of thioether (sulfide) groups is 2. The van der Waals surface area contributed by atoms with Crippen LogP contribution in [-0.4, -0.2) is 29.3 Å². The molecule has 1 aromatic carbocycles. The van der Waals surface area contributed by atoms with Crippen molar-refractivity contribution >= 4 is 41.1 Å². The summed E-state index contributed by atoms with van der Waals surface area (Å²) in [6.07, 6.45) is 4.87. The molecule has 0 aromatic heterocycles. The van der Waals surface area contributed by atoms with Crippen molar-refractivity contribution in [2.45, 2.75) is 41.1 Å². The van der Waals surface area contributed by atoms with Gasteiger partial charge in [-0.1, -0.05) is 36.6 Å². The highest BCUT2D eigenvalue weighted by atomic mass is 35.5. The fourth-order valence-corrected chi connectivity index (χ4v) is 5.39. The number of esters is 1. The van der Waals surface area contributed by atoms with Crippen LogP contribution in [0.3, 0.4) is 0 Å². The molecule has 0 N–H and O–H groups in total. The molecule has 1 fully saturated rings. The van der Waals surface area contributed by atoms with Crippen molar-refractivity contribution in [1.29, 1.82) is 0 Å². The van der Waals surface area contributed by atoms with Crippen LogP contribution in [0.25, 0.3) is 0 Å². The van der Waals surface area contributed by atoms with Crippen molar-refractivity contribution in [3.05, 3.63) is 29.3 Å². The summed E-state index contributed by atoms with van der Waals surface area (Å²) in [7, 11) is 1.44. The molecular formula is C15H19ClO2S2. The molecule has 20 heavy (non-hydrogen) atoms. The third kappa shape index (κ3) is 4.61. The van der Waals surface area contributed by atoms with Crippen LogP contribution < -0.4 is 0 Å². The van der Waals surface area contributed by atoms with Crippen LogP contribution in [0.15, 0.2) is 29.2 Å². The number of ether oxygens (including phenoxy) is 1. The fraction of sp³-hybridized carbons (Fsp3) is 0.533. The predicted molar refractivity (Wildman–Crippen MR) is 87.8 cm³/mol. The number of hydrogen-bond acceptors (Lipinski definition) is 4. The Kier molecular flexibility index (Phi) is 6.59. The molecular weight excluding hydrogens is 312 g/mol. The van der Waals surface area contributed by atoms with Crippen LogP contribution in [0.5, 0.6) is 0 Å². The van der Waals surface area contributed by atoms with Crippen molar-refractivity contribution in [2.24, 2.45) is 0 Å². The van der Waals surface area contributed by atoms with E-state index in [1.807, 2.05) is 30.0 Å². The van der Waals surface area contributed by atoms with Crippen LogP contribution in [0, 0.1) is 0 Å². The van der Waals surface area contributed by atoms with E-state index in [4.69, 9.17) is 16.3 Å². The molecule has 0 heterocycles. The molecule has 0 spiro atoms. The Morgan fingerprint density at radius 2 is 2.00 bits per heavy atom. The molecule has 5 heteroatoms. The summed E-state index contributed by atoms with van der Waals surface area (Å²) in [5, 5.41) is 1.85. The third-order valence-corrected chi connectivity index (χ3v) is 6.89. The van der Waals surface area contributed by atoms with E-state index >= 15 is 0 Å². The predicted octanol–water partition coefficient (Wildman–Crippen LogP) is 4.65. The van der Waals surface area contributed by atoms with Gasteiger partial charge >= 0.3 is 5.97 Å². The highest BCUT2D eigenvalue weighted by Gasteiger charge is 2.27. The van der Waals surface area contributed by atoms with Gasteiger partial charge in [-0.3, -0.25) is 4.79 Å². The number of carbonyl (C=O) groups excluding carboxylic acids is 1. The van der Waals surface area contributed by atoms with E-state index in [1.165, 1.54) is 32.8 Å². The van der Waals surface area contributed by atoms with Gasteiger partial charge in [0.2, 0.25) is 0 Å². The number of halogens is 1. The Morgan fingerprint density at radius 1 is 1.30 bits per heavy atom. The Hall–Kier alpha value is -0.320. The van der Waals surface area contributed by atoms with Gasteiger partial charge in [0, 0.05) is 15.4 Å². The topological polar surface area (TPSA) is 26.3 Å². The van der Waals surface area contributed by atoms with Gasteiger partial charge in [-0.2, -0.15) is 0 Å². The zero-order chi connectivity index (χ0) is 14.4. The van der Waals surface area contributed by atoms with Gasteiger partial charge < -0.3 is 4.74 Å². The Labute approximate surface area is 134 Å². The average molecular weight is 331 g/mol. The minimum absolute atomic E-state index is 0.137. The normalized spacial score (nSPS) is 22.5. The average Bonchev–Trinajstić information content (AvgIpc) is 2.48. The molecule has 2 rings (SSSR count). The maximum atomic E-state index is 11.3. The van der Waals surface area contributed by atoms with Gasteiger partial charge in [-0.25, -0.2) is 0 Å². The van der Waals surface area contributed by atoms with Crippen LogP contribution in [0.1, 0.15) is 25.7 Å². The van der Waals surface area contributed by atoms with Crippen LogP contribution >= 0.6 is 35.1 Å². The molecule has 110 valence electrons. The Balaban J connectivity index is 1.96. The maximum absolute atomic E-state index is 11.3. The number of hydrogen-bond donors (Lipinski definition) is 0. The second-order valence-corrected chi connectivity index (χ2v) is 7.71. The Morgan fingerprint density at radius 3 is 2.70 bits per heavy atom. The molecule has 1 aliphatic rings. The highest BCUT2D eigenvalue weighted by molar-refractivity contribution is 8.04. The summed E-state index contributed by atoms with van der Waals surface area (Å²) in [4.78, 5) is 12.4. The van der Waals surface area contributed by atoms with Crippen molar-refractivity contribution in [3.8, 4) is 0 Å². The van der Waals surface area contributed by atoms with Gasteiger partial charge in [-0.15, -0.1) is 23.5 Å². The number of rotatable bonds is 5. The summed E-state index contributed by atoms with van der Waals surface area (Å²) in [6.45, 7) is 0. The summed E-state index contributed by atoms with van der Waals surface area (Å²) in [6, 6.07) is 7.98. The number of carbonyl (C=O) groups is 1. The van der Waals surface area contributed by atoms with Gasteiger partial charge in [0.25, 0.3) is 0 Å². The monoisotopic (exact) mass is 330 g/mol. The summed E-state index contributed by atoms with van der Waals surface area (Å²) in [5.74, 6) is 0.308. The van der Waals surface area contributed by atoms with E-state index in [1.54, 1.807) is 11.8 Å². The lowest BCUT2D eigenvalue weighted by molar-refractivity contribution is -0.137. The lowest BCUT2D eigenvalue weighted by Gasteiger charge is -2.30. The van der Waals surface area contributed by atoms with Crippen LogP contribution in [0.2, 0.25) is 5.02 Å². The molecule has 0 amide bonds. The van der Waals surface area contributed by atoms with Crippen molar-refractivity contribution < 1.29 is 9.53 Å². The van der Waals surface area contributed by atoms with E-state index in [-0.39, 0.29) is 5.97 Å². The van der Waals surface area contributed by atoms with E-state index in [0.717, 1.165) is 9.92 Å². The molecule has 2 atom stereocenters. The first-order valence-corrected chi connectivity index (χ1v) is 9.11. The molecule has 0 radical (unpaired) electrons. The van der Waals surface area contributed by atoms with Gasteiger partial charge in [-0.05, 0) is 25.0 Å². The van der Waals surface area contributed by atoms with Gasteiger partial charge in [0.15, 0.2) is 0 Å². The quantitative estimate of drug-likeness (QED) is 0.734. The zero-order valence-electron chi connectivity index (χ0n) is 11.5. The molecule has 1 saturated carbocycles. The fourth-order valence-electron chi connectivity index (χ4n) is 2.33. The molecule has 0 bridgehead atoms. The lowest BCUT2D eigenvalue weighted by atomic mass is 10.00. The maximum Gasteiger partial charge on any atom is 0.315 e. The third-order valence-electron chi connectivity index (χ3n) is 3.40. The smallest absolute Gasteiger partial charge is 0.315 e. The van der Waals surface area contributed by atoms with E-state index in [9.17, 15) is 4.79 Å². The summed E-state index contributed by atoms with van der Waals surface area (Å²) < 4.78 is 4.73. The van der Waals surface area contributed by atoms with Gasteiger partial charge in [0.1, 0.15) is 0 Å². The molecule has 1 aromatic rings. The lowest BCUT2D eigenvalue weighted by Crippen LogP contribution is -2.25. The van der Waals surface area contributed by atoms with Gasteiger partial charge in [0.05, 0.1) is 17.9 Å². The zero-order valence-corrected chi connectivity index (χ0v) is 13.9. The largest absolute Gasteiger partial charge is 0.468 e. The molecule has 1 aliphatic carbocycles.